The second-order valence-electron chi connectivity index (χ2n) is 4.05. The molecule has 0 spiro atoms. The summed E-state index contributed by atoms with van der Waals surface area (Å²) in [4.78, 5) is 0. The SMILES string of the molecule is CCCn1nncc1C(NC)c1ccc(C)o1. The molecule has 0 aliphatic heterocycles. The Hall–Kier alpha value is -1.62. The van der Waals surface area contributed by atoms with E-state index in [9.17, 15) is 0 Å². The number of aryl methyl sites for hydroxylation is 2. The Labute approximate surface area is 101 Å². The van der Waals surface area contributed by atoms with Gasteiger partial charge in [-0.05, 0) is 32.5 Å². The first kappa shape index (κ1) is 11.9. The van der Waals surface area contributed by atoms with Crippen LogP contribution in [0.5, 0.6) is 0 Å². The van der Waals surface area contributed by atoms with Crippen LogP contribution in [0.1, 0.15) is 36.6 Å². The first-order valence-corrected chi connectivity index (χ1v) is 5.88. The molecule has 1 unspecified atom stereocenters. The zero-order valence-electron chi connectivity index (χ0n) is 10.5. The summed E-state index contributed by atoms with van der Waals surface area (Å²) in [6.45, 7) is 4.93. The molecule has 2 heterocycles. The molecular formula is C12H18N4O. The molecule has 2 aromatic rings. The molecule has 0 saturated carbocycles. The van der Waals surface area contributed by atoms with Crippen molar-refractivity contribution in [1.29, 1.82) is 0 Å². The third-order valence-electron chi connectivity index (χ3n) is 2.71. The maximum Gasteiger partial charge on any atom is 0.127 e. The monoisotopic (exact) mass is 234 g/mol. The van der Waals surface area contributed by atoms with E-state index >= 15 is 0 Å². The van der Waals surface area contributed by atoms with Crippen molar-refractivity contribution in [1.82, 2.24) is 20.3 Å². The topological polar surface area (TPSA) is 55.9 Å². The molecule has 1 atom stereocenters. The fourth-order valence-corrected chi connectivity index (χ4v) is 1.92. The van der Waals surface area contributed by atoms with Gasteiger partial charge in [-0.3, -0.25) is 0 Å². The summed E-state index contributed by atoms with van der Waals surface area (Å²) < 4.78 is 7.58. The maximum absolute atomic E-state index is 5.66. The molecule has 5 nitrogen and oxygen atoms in total. The van der Waals surface area contributed by atoms with Crippen molar-refractivity contribution in [2.75, 3.05) is 7.05 Å². The molecule has 17 heavy (non-hydrogen) atoms. The van der Waals surface area contributed by atoms with E-state index in [-0.39, 0.29) is 6.04 Å². The van der Waals surface area contributed by atoms with Gasteiger partial charge in [0.2, 0.25) is 0 Å². The van der Waals surface area contributed by atoms with Gasteiger partial charge in [-0.25, -0.2) is 4.68 Å². The van der Waals surface area contributed by atoms with Gasteiger partial charge in [-0.2, -0.15) is 0 Å². The van der Waals surface area contributed by atoms with Gasteiger partial charge in [0.25, 0.3) is 0 Å². The Balaban J connectivity index is 2.31. The normalized spacial score (nSPS) is 12.9. The maximum atomic E-state index is 5.66. The number of hydrogen-bond donors (Lipinski definition) is 1. The lowest BCUT2D eigenvalue weighted by atomic mass is 10.1. The molecule has 0 aliphatic carbocycles. The van der Waals surface area contributed by atoms with Crippen molar-refractivity contribution in [3.8, 4) is 0 Å². The van der Waals surface area contributed by atoms with Crippen LogP contribution in [0.2, 0.25) is 0 Å². The third kappa shape index (κ3) is 2.39. The van der Waals surface area contributed by atoms with Crippen molar-refractivity contribution in [2.45, 2.75) is 32.9 Å². The van der Waals surface area contributed by atoms with Crippen molar-refractivity contribution < 1.29 is 4.42 Å². The van der Waals surface area contributed by atoms with Gasteiger partial charge in [0.05, 0.1) is 11.9 Å². The summed E-state index contributed by atoms with van der Waals surface area (Å²) in [5.74, 6) is 1.81. The Morgan fingerprint density at radius 3 is 2.88 bits per heavy atom. The van der Waals surface area contributed by atoms with E-state index in [4.69, 9.17) is 4.42 Å². The van der Waals surface area contributed by atoms with Crippen LogP contribution in [0.3, 0.4) is 0 Å². The largest absolute Gasteiger partial charge is 0.464 e. The van der Waals surface area contributed by atoms with E-state index in [0.29, 0.717) is 0 Å². The number of rotatable bonds is 5. The van der Waals surface area contributed by atoms with E-state index in [1.54, 1.807) is 6.20 Å². The van der Waals surface area contributed by atoms with Crippen LogP contribution >= 0.6 is 0 Å². The lowest BCUT2D eigenvalue weighted by Crippen LogP contribution is -2.21. The summed E-state index contributed by atoms with van der Waals surface area (Å²) in [5.41, 5.74) is 1.03. The lowest BCUT2D eigenvalue weighted by Gasteiger charge is -2.14. The highest BCUT2D eigenvalue weighted by Gasteiger charge is 2.20. The summed E-state index contributed by atoms with van der Waals surface area (Å²) in [5, 5.41) is 11.3. The fraction of sp³-hybridized carbons (Fsp3) is 0.500. The number of aromatic nitrogens is 3. The average Bonchev–Trinajstić information content (AvgIpc) is 2.91. The predicted molar refractivity (Wildman–Crippen MR) is 64.7 cm³/mol. The Morgan fingerprint density at radius 2 is 2.29 bits per heavy atom. The van der Waals surface area contributed by atoms with Crippen LogP contribution in [-0.2, 0) is 6.54 Å². The van der Waals surface area contributed by atoms with Crippen LogP contribution in [0.25, 0.3) is 0 Å². The van der Waals surface area contributed by atoms with Crippen LogP contribution in [-0.4, -0.2) is 22.0 Å². The molecule has 0 amide bonds. The van der Waals surface area contributed by atoms with Gasteiger partial charge >= 0.3 is 0 Å². The molecule has 2 rings (SSSR count). The molecule has 0 radical (unpaired) electrons. The molecule has 92 valence electrons. The van der Waals surface area contributed by atoms with Gasteiger partial charge < -0.3 is 9.73 Å². The van der Waals surface area contributed by atoms with Crippen molar-refractivity contribution in [3.63, 3.8) is 0 Å². The highest BCUT2D eigenvalue weighted by Crippen LogP contribution is 2.22. The minimum atomic E-state index is 0.00486. The molecule has 0 aliphatic rings. The average molecular weight is 234 g/mol. The fourth-order valence-electron chi connectivity index (χ4n) is 1.92. The Kier molecular flexibility index (Phi) is 3.58. The zero-order chi connectivity index (χ0) is 12.3. The minimum Gasteiger partial charge on any atom is -0.464 e. The van der Waals surface area contributed by atoms with E-state index < -0.39 is 0 Å². The van der Waals surface area contributed by atoms with Gasteiger partial charge in [-0.15, -0.1) is 5.10 Å². The number of hydrogen-bond acceptors (Lipinski definition) is 4. The van der Waals surface area contributed by atoms with Crippen LogP contribution in [0, 0.1) is 6.92 Å². The van der Waals surface area contributed by atoms with Gasteiger partial charge in [0.1, 0.15) is 17.6 Å². The van der Waals surface area contributed by atoms with Crippen LogP contribution in [0.4, 0.5) is 0 Å². The molecule has 0 aromatic carbocycles. The number of nitrogens with zero attached hydrogens (tertiary/aromatic N) is 3. The smallest absolute Gasteiger partial charge is 0.127 e. The summed E-state index contributed by atoms with van der Waals surface area (Å²) in [6, 6.07) is 3.96. The molecule has 0 fully saturated rings. The van der Waals surface area contributed by atoms with Crippen LogP contribution < -0.4 is 5.32 Å². The minimum absolute atomic E-state index is 0.00486. The van der Waals surface area contributed by atoms with E-state index in [2.05, 4.69) is 22.6 Å². The predicted octanol–water partition coefficient (Wildman–Crippen LogP) is 1.90. The standard InChI is InChI=1S/C12H18N4O/c1-4-7-16-10(8-14-15-16)12(13-3)11-6-5-9(2)17-11/h5-6,8,12-13H,4,7H2,1-3H3. The van der Waals surface area contributed by atoms with E-state index in [0.717, 1.165) is 30.2 Å². The lowest BCUT2D eigenvalue weighted by molar-refractivity contribution is 0.424. The molecule has 2 aromatic heterocycles. The molecule has 1 N–H and O–H groups in total. The highest BCUT2D eigenvalue weighted by atomic mass is 16.3. The number of furan rings is 1. The first-order valence-electron chi connectivity index (χ1n) is 5.88. The van der Waals surface area contributed by atoms with E-state index in [1.165, 1.54) is 0 Å². The first-order chi connectivity index (χ1) is 8.26. The summed E-state index contributed by atoms with van der Waals surface area (Å²) in [7, 11) is 1.91. The number of nitrogens with one attached hydrogen (secondary N) is 1. The highest BCUT2D eigenvalue weighted by molar-refractivity contribution is 5.19. The van der Waals surface area contributed by atoms with Gasteiger partial charge in [-0.1, -0.05) is 12.1 Å². The summed E-state index contributed by atoms with van der Waals surface area (Å²) >= 11 is 0. The Bertz CT molecular complexity index is 474. The van der Waals surface area contributed by atoms with Crippen LogP contribution in [0.15, 0.2) is 22.7 Å². The second kappa shape index (κ2) is 5.14. The van der Waals surface area contributed by atoms with Gasteiger partial charge in [0, 0.05) is 6.54 Å². The van der Waals surface area contributed by atoms with Crippen molar-refractivity contribution in [2.24, 2.45) is 0 Å². The Morgan fingerprint density at radius 1 is 1.47 bits per heavy atom. The quantitative estimate of drug-likeness (QED) is 0.858. The second-order valence-corrected chi connectivity index (χ2v) is 4.05. The zero-order valence-corrected chi connectivity index (χ0v) is 10.5. The molecular weight excluding hydrogens is 216 g/mol. The summed E-state index contributed by atoms with van der Waals surface area (Å²) in [6.07, 6.45) is 2.82. The van der Waals surface area contributed by atoms with Gasteiger partial charge in [0.15, 0.2) is 0 Å². The molecule has 0 bridgehead atoms. The van der Waals surface area contributed by atoms with E-state index in [1.807, 2.05) is 30.8 Å². The van der Waals surface area contributed by atoms with Crippen molar-refractivity contribution >= 4 is 0 Å². The van der Waals surface area contributed by atoms with Crippen molar-refractivity contribution in [3.05, 3.63) is 35.5 Å². The third-order valence-corrected chi connectivity index (χ3v) is 2.71. The molecule has 0 saturated heterocycles. The molecule has 5 heteroatoms.